The third kappa shape index (κ3) is 5.61. The van der Waals surface area contributed by atoms with Gasteiger partial charge in [0.15, 0.2) is 5.78 Å². The predicted octanol–water partition coefficient (Wildman–Crippen LogP) is 3.11. The molecule has 37 heavy (non-hydrogen) atoms. The second kappa shape index (κ2) is 11.1. The minimum absolute atomic E-state index is 0.0270. The van der Waals surface area contributed by atoms with Crippen molar-refractivity contribution in [2.75, 3.05) is 18.6 Å². The van der Waals surface area contributed by atoms with Crippen LogP contribution in [0.25, 0.3) is 0 Å². The Labute approximate surface area is 219 Å². The van der Waals surface area contributed by atoms with Crippen molar-refractivity contribution in [3.63, 3.8) is 0 Å². The summed E-state index contributed by atoms with van der Waals surface area (Å²) in [6.45, 7) is 1.59. The molecule has 7 nitrogen and oxygen atoms in total. The van der Waals surface area contributed by atoms with E-state index >= 15 is 0 Å². The number of pyridine rings is 1. The molecule has 5 atom stereocenters. The third-order valence-electron chi connectivity index (χ3n) is 6.59. The van der Waals surface area contributed by atoms with Crippen molar-refractivity contribution in [2.45, 2.75) is 25.6 Å². The molecular weight excluding hydrogens is 513 g/mol. The second-order valence-corrected chi connectivity index (χ2v) is 10.2. The molecule has 1 aromatic heterocycles. The fourth-order valence-corrected chi connectivity index (χ4v) is 6.04. The van der Waals surface area contributed by atoms with Crippen LogP contribution in [0.5, 0.6) is 11.5 Å². The Morgan fingerprint density at radius 3 is 2.32 bits per heavy atom. The number of carbonyl (C=O) groups is 2. The van der Waals surface area contributed by atoms with E-state index in [1.807, 2.05) is 12.1 Å². The van der Waals surface area contributed by atoms with Crippen LogP contribution in [0.2, 0.25) is 0 Å². The molecule has 2 aromatic carbocycles. The highest BCUT2D eigenvalue weighted by Crippen LogP contribution is 2.39. The predicted molar refractivity (Wildman–Crippen MR) is 149 cm³/mol. The van der Waals surface area contributed by atoms with Crippen LogP contribution < -0.4 is 30.5 Å². The molecule has 1 fully saturated rings. The zero-order valence-corrected chi connectivity index (χ0v) is 23.1. The summed E-state index contributed by atoms with van der Waals surface area (Å²) in [6, 6.07) is 14.8. The van der Waals surface area contributed by atoms with Crippen molar-refractivity contribution >= 4 is 46.6 Å². The van der Waals surface area contributed by atoms with E-state index < -0.39 is 12.3 Å². The van der Waals surface area contributed by atoms with E-state index in [9.17, 15) is 18.8 Å². The minimum atomic E-state index is -1.47. The van der Waals surface area contributed by atoms with Gasteiger partial charge in [0.05, 0.1) is 13.0 Å². The van der Waals surface area contributed by atoms with Gasteiger partial charge in [-0.15, -0.1) is 18.5 Å². The highest BCUT2D eigenvalue weighted by molar-refractivity contribution is 7.29. The molecule has 1 saturated heterocycles. The number of amides is 1. The number of nitrogens with zero attached hydrogens (tertiary/aromatic N) is 2. The molecule has 0 spiro atoms. The number of carbonyl (C=O) groups excluding carboxylic acids is 2. The van der Waals surface area contributed by atoms with Gasteiger partial charge in [0.25, 0.3) is 5.56 Å². The summed E-state index contributed by atoms with van der Waals surface area (Å²) in [7, 11) is 8.61. The van der Waals surface area contributed by atoms with E-state index in [4.69, 9.17) is 9.47 Å². The average molecular weight is 542 g/mol. The molecule has 194 valence electrons. The number of anilines is 1. The summed E-state index contributed by atoms with van der Waals surface area (Å²) < 4.78 is 25.0. The Morgan fingerprint density at radius 1 is 1.08 bits per heavy atom. The molecular formula is C27H29FN2O5P2. The molecule has 0 radical (unpaired) electrons. The molecule has 1 amide bonds. The molecule has 10 heteroatoms. The number of Topliss-reactive ketones (excluding diaryl/α,β-unsaturated/α-hetero) is 1. The molecule has 1 aliphatic heterocycles. The summed E-state index contributed by atoms with van der Waals surface area (Å²) in [6.07, 6.45) is -1.49. The van der Waals surface area contributed by atoms with E-state index in [-0.39, 0.29) is 29.6 Å². The number of methoxy groups -OCH3 is 1. The molecule has 0 bridgehead atoms. The number of benzene rings is 2. The first-order valence-electron chi connectivity index (χ1n) is 11.7. The molecule has 1 aliphatic rings. The maximum atomic E-state index is 13.8. The maximum Gasteiger partial charge on any atom is 0.251 e. The van der Waals surface area contributed by atoms with E-state index in [1.165, 1.54) is 29.7 Å². The Bertz CT molecular complexity index is 1370. The average Bonchev–Trinajstić information content (AvgIpc) is 3.15. The zero-order valence-electron chi connectivity index (χ0n) is 20.8. The number of ether oxygens (including phenoxy) is 2. The highest BCUT2D eigenvalue weighted by atomic mass is 31.0. The first-order valence-corrected chi connectivity index (χ1v) is 12.9. The lowest BCUT2D eigenvalue weighted by atomic mass is 9.84. The van der Waals surface area contributed by atoms with Gasteiger partial charge in [0.1, 0.15) is 17.3 Å². The number of aromatic nitrogens is 1. The van der Waals surface area contributed by atoms with Crippen molar-refractivity contribution in [1.29, 1.82) is 0 Å². The maximum absolute atomic E-state index is 13.8. The number of hydrogen-bond acceptors (Lipinski definition) is 5. The number of alkyl halides is 1. The quantitative estimate of drug-likeness (QED) is 0.323. The molecule has 3 unspecified atom stereocenters. The lowest BCUT2D eigenvalue weighted by Gasteiger charge is -2.22. The first kappa shape index (κ1) is 27.0. The third-order valence-corrected chi connectivity index (χ3v) is 7.54. The van der Waals surface area contributed by atoms with Gasteiger partial charge in [-0.2, -0.15) is 0 Å². The summed E-state index contributed by atoms with van der Waals surface area (Å²) in [5, 5.41) is 1.73. The SMILES string of the molecule is COc1cc(P)c([C@@H]2CN(c3cccc(=O)n3C)C(=O)[C@H]2CC(=O)c2ccc(OC(C)F)cc2)c(P)c1. The van der Waals surface area contributed by atoms with E-state index in [0.29, 0.717) is 29.4 Å². The molecule has 0 saturated carbocycles. The van der Waals surface area contributed by atoms with Crippen LogP contribution in [0.1, 0.15) is 35.2 Å². The smallest absolute Gasteiger partial charge is 0.251 e. The molecule has 0 aliphatic carbocycles. The van der Waals surface area contributed by atoms with Crippen molar-refractivity contribution in [2.24, 2.45) is 13.0 Å². The Balaban J connectivity index is 1.71. The first-order chi connectivity index (χ1) is 17.6. The number of halogens is 1. The number of rotatable bonds is 8. The largest absolute Gasteiger partial charge is 0.497 e. The van der Waals surface area contributed by atoms with Gasteiger partial charge in [-0.1, -0.05) is 6.07 Å². The van der Waals surface area contributed by atoms with Gasteiger partial charge < -0.3 is 9.47 Å². The van der Waals surface area contributed by atoms with Crippen molar-refractivity contribution in [1.82, 2.24) is 4.57 Å². The number of hydrogen-bond donors (Lipinski definition) is 0. The summed E-state index contributed by atoms with van der Waals surface area (Å²) in [4.78, 5) is 41.0. The fourth-order valence-electron chi connectivity index (χ4n) is 4.78. The van der Waals surface area contributed by atoms with E-state index in [0.717, 1.165) is 16.2 Å². The molecule has 3 aromatic rings. The molecule has 2 heterocycles. The van der Waals surface area contributed by atoms with Crippen LogP contribution in [-0.4, -0.2) is 36.3 Å². The Kier molecular flexibility index (Phi) is 8.11. The lowest BCUT2D eigenvalue weighted by Crippen LogP contribution is -2.32. The lowest BCUT2D eigenvalue weighted by molar-refractivity contribution is -0.120. The van der Waals surface area contributed by atoms with Crippen molar-refractivity contribution < 1.29 is 23.5 Å². The zero-order chi connectivity index (χ0) is 26.9. The normalized spacial score (nSPS) is 18.1. The minimum Gasteiger partial charge on any atom is -0.497 e. The van der Waals surface area contributed by atoms with Crippen LogP contribution in [0, 0.1) is 5.92 Å². The monoisotopic (exact) mass is 542 g/mol. The standard InChI is InChI=1S/C27H29FN2O5P2/c1-15(28)35-17-9-7-16(8-10-17)21(31)13-19-20(26-22(36)11-18(34-3)12-23(26)37)14-30(27(19)33)24-5-4-6-25(32)29(24)2/h4-12,15,19-20H,13-14,36-37H2,1-3H3/t15?,19-,20+/m0/s1. The van der Waals surface area contributed by atoms with E-state index in [2.05, 4.69) is 18.5 Å². The van der Waals surface area contributed by atoms with Gasteiger partial charge in [-0.05, 0) is 58.6 Å². The Morgan fingerprint density at radius 2 is 1.73 bits per heavy atom. The summed E-state index contributed by atoms with van der Waals surface area (Å²) >= 11 is 0. The summed E-state index contributed by atoms with van der Waals surface area (Å²) in [5.74, 6) is 0.0677. The van der Waals surface area contributed by atoms with Gasteiger partial charge in [-0.3, -0.25) is 23.9 Å². The highest BCUT2D eigenvalue weighted by Gasteiger charge is 2.44. The van der Waals surface area contributed by atoms with Gasteiger partial charge in [-0.25, -0.2) is 4.39 Å². The van der Waals surface area contributed by atoms with Crippen LogP contribution in [-0.2, 0) is 11.8 Å². The van der Waals surface area contributed by atoms with Crippen molar-refractivity contribution in [3.8, 4) is 11.5 Å². The van der Waals surface area contributed by atoms with Crippen LogP contribution in [0.4, 0.5) is 10.2 Å². The fraction of sp³-hybridized carbons (Fsp3) is 0.296. The summed E-state index contributed by atoms with van der Waals surface area (Å²) in [5.41, 5.74) is 1.10. The van der Waals surface area contributed by atoms with Crippen LogP contribution in [0.15, 0.2) is 59.4 Å². The van der Waals surface area contributed by atoms with Gasteiger partial charge in [0.2, 0.25) is 12.3 Å². The Hall–Kier alpha value is -3.08. The van der Waals surface area contributed by atoms with Crippen LogP contribution >= 0.6 is 18.5 Å². The second-order valence-electron chi connectivity index (χ2n) is 8.98. The topological polar surface area (TPSA) is 77.8 Å². The number of ketones is 1. The van der Waals surface area contributed by atoms with E-state index in [1.54, 1.807) is 43.3 Å². The van der Waals surface area contributed by atoms with Gasteiger partial charge >= 0.3 is 0 Å². The molecule has 0 N–H and O–H groups in total. The van der Waals surface area contributed by atoms with Gasteiger partial charge in [0, 0.05) is 44.5 Å². The van der Waals surface area contributed by atoms with Crippen molar-refractivity contribution in [3.05, 3.63) is 76.1 Å². The van der Waals surface area contributed by atoms with Crippen LogP contribution in [0.3, 0.4) is 0 Å². The molecule has 4 rings (SSSR count).